The molecule has 96 valence electrons. The van der Waals surface area contributed by atoms with Crippen molar-refractivity contribution in [2.45, 2.75) is 5.75 Å². The second kappa shape index (κ2) is 4.69. The van der Waals surface area contributed by atoms with Crippen LogP contribution in [0.2, 0.25) is 0 Å². The van der Waals surface area contributed by atoms with Gasteiger partial charge in [-0.05, 0) is 17.7 Å². The summed E-state index contributed by atoms with van der Waals surface area (Å²) in [5.41, 5.74) is 7.24. The zero-order valence-electron chi connectivity index (χ0n) is 9.87. The molecule has 0 bridgehead atoms. The molecule has 0 atom stereocenters. The van der Waals surface area contributed by atoms with Crippen LogP contribution in [0, 0.1) is 0 Å². The predicted octanol–water partition coefficient (Wildman–Crippen LogP) is 0.944. The van der Waals surface area contributed by atoms with Crippen molar-refractivity contribution in [3.8, 4) is 0 Å². The van der Waals surface area contributed by atoms with Crippen LogP contribution in [0.5, 0.6) is 0 Å². The molecule has 0 radical (unpaired) electrons. The van der Waals surface area contributed by atoms with Crippen LogP contribution >= 0.6 is 0 Å². The summed E-state index contributed by atoms with van der Waals surface area (Å²) in [4.78, 5) is 0. The van der Waals surface area contributed by atoms with Gasteiger partial charge in [-0.3, -0.25) is 9.40 Å². The Balaban J connectivity index is 2.12. The summed E-state index contributed by atoms with van der Waals surface area (Å²) in [7, 11) is -1.73. The number of aryl methyl sites for hydroxylation is 1. The van der Waals surface area contributed by atoms with E-state index in [0.717, 1.165) is 0 Å². The van der Waals surface area contributed by atoms with Gasteiger partial charge in [0, 0.05) is 18.9 Å². The maximum absolute atomic E-state index is 11.9. The summed E-state index contributed by atoms with van der Waals surface area (Å²) in [6.07, 6.45) is 3.05. The van der Waals surface area contributed by atoms with E-state index in [4.69, 9.17) is 5.73 Å². The van der Waals surface area contributed by atoms with Crippen molar-refractivity contribution < 1.29 is 8.42 Å². The van der Waals surface area contributed by atoms with Gasteiger partial charge in [0.1, 0.15) is 0 Å². The Morgan fingerprint density at radius 1 is 1.44 bits per heavy atom. The number of nitrogens with two attached hydrogens (primary N) is 1. The number of nitrogens with zero attached hydrogens (tertiary/aromatic N) is 2. The van der Waals surface area contributed by atoms with Crippen molar-refractivity contribution >= 4 is 21.4 Å². The summed E-state index contributed by atoms with van der Waals surface area (Å²) in [5.74, 6) is -0.118. The molecule has 0 aliphatic rings. The van der Waals surface area contributed by atoms with Gasteiger partial charge in [-0.25, -0.2) is 8.42 Å². The van der Waals surface area contributed by atoms with E-state index in [-0.39, 0.29) is 5.75 Å². The first-order chi connectivity index (χ1) is 8.44. The highest BCUT2D eigenvalue weighted by molar-refractivity contribution is 7.91. The number of nitrogens with one attached hydrogen (secondary N) is 1. The van der Waals surface area contributed by atoms with Crippen LogP contribution in [-0.2, 0) is 22.8 Å². The molecule has 3 N–H and O–H groups in total. The van der Waals surface area contributed by atoms with Gasteiger partial charge >= 0.3 is 0 Å². The quantitative estimate of drug-likeness (QED) is 0.806. The van der Waals surface area contributed by atoms with Crippen molar-refractivity contribution in [2.24, 2.45) is 7.05 Å². The minimum absolute atomic E-state index is 0.118. The molecule has 0 unspecified atom stereocenters. The van der Waals surface area contributed by atoms with Crippen LogP contribution in [-0.4, -0.2) is 18.2 Å². The Bertz CT molecular complexity index is 649. The SMILES string of the molecule is Cn1cc(NS(=O)(=O)Cc2cccc(N)c2)cn1. The summed E-state index contributed by atoms with van der Waals surface area (Å²) in [6.45, 7) is 0. The number of aromatic nitrogens is 2. The van der Waals surface area contributed by atoms with Gasteiger partial charge in [-0.1, -0.05) is 12.1 Å². The molecule has 1 aromatic carbocycles. The number of rotatable bonds is 4. The molecule has 7 heteroatoms. The topological polar surface area (TPSA) is 90.0 Å². The second-order valence-electron chi connectivity index (χ2n) is 4.01. The summed E-state index contributed by atoms with van der Waals surface area (Å²) in [6, 6.07) is 6.80. The van der Waals surface area contributed by atoms with E-state index in [2.05, 4.69) is 9.82 Å². The molecule has 0 aliphatic heterocycles. The van der Waals surface area contributed by atoms with E-state index in [1.165, 1.54) is 10.9 Å². The molecular weight excluding hydrogens is 252 g/mol. The van der Waals surface area contributed by atoms with Crippen LogP contribution in [0.25, 0.3) is 0 Å². The van der Waals surface area contributed by atoms with Gasteiger partial charge in [0.15, 0.2) is 0 Å². The van der Waals surface area contributed by atoms with Gasteiger partial charge in [0.2, 0.25) is 10.0 Å². The Morgan fingerprint density at radius 3 is 2.83 bits per heavy atom. The normalized spacial score (nSPS) is 11.4. The molecule has 0 fully saturated rings. The van der Waals surface area contributed by atoms with E-state index in [9.17, 15) is 8.42 Å². The molecule has 18 heavy (non-hydrogen) atoms. The lowest BCUT2D eigenvalue weighted by atomic mass is 10.2. The van der Waals surface area contributed by atoms with Gasteiger partial charge in [-0.15, -0.1) is 0 Å². The molecule has 2 aromatic rings. The standard InChI is InChI=1S/C11H14N4O2S/c1-15-7-11(6-13-15)14-18(16,17)8-9-3-2-4-10(12)5-9/h2-7,14H,8,12H2,1H3. The van der Waals surface area contributed by atoms with Gasteiger partial charge < -0.3 is 5.73 Å². The Morgan fingerprint density at radius 2 is 2.22 bits per heavy atom. The van der Waals surface area contributed by atoms with E-state index in [0.29, 0.717) is 16.9 Å². The number of benzene rings is 1. The van der Waals surface area contributed by atoms with Gasteiger partial charge in [-0.2, -0.15) is 5.10 Å². The fourth-order valence-corrected chi connectivity index (χ4v) is 2.75. The molecular formula is C11H14N4O2S. The number of anilines is 2. The molecule has 2 rings (SSSR count). The predicted molar refractivity (Wildman–Crippen MR) is 70.3 cm³/mol. The monoisotopic (exact) mass is 266 g/mol. The number of hydrogen-bond acceptors (Lipinski definition) is 4. The smallest absolute Gasteiger partial charge is 0.237 e. The molecule has 1 heterocycles. The van der Waals surface area contributed by atoms with Crippen molar-refractivity contribution in [3.63, 3.8) is 0 Å². The maximum Gasteiger partial charge on any atom is 0.237 e. The first kappa shape index (κ1) is 12.4. The average Bonchev–Trinajstić information content (AvgIpc) is 2.62. The van der Waals surface area contributed by atoms with E-state index in [1.54, 1.807) is 37.5 Å². The fourth-order valence-electron chi connectivity index (χ4n) is 1.59. The zero-order valence-corrected chi connectivity index (χ0v) is 10.7. The minimum atomic E-state index is -3.45. The van der Waals surface area contributed by atoms with Crippen LogP contribution in [0.15, 0.2) is 36.7 Å². The van der Waals surface area contributed by atoms with E-state index >= 15 is 0 Å². The van der Waals surface area contributed by atoms with Crippen molar-refractivity contribution in [1.82, 2.24) is 9.78 Å². The molecule has 0 saturated heterocycles. The molecule has 0 saturated carbocycles. The minimum Gasteiger partial charge on any atom is -0.399 e. The number of hydrogen-bond donors (Lipinski definition) is 2. The first-order valence-corrected chi connectivity index (χ1v) is 6.93. The van der Waals surface area contributed by atoms with Crippen LogP contribution in [0.4, 0.5) is 11.4 Å². The fraction of sp³-hybridized carbons (Fsp3) is 0.182. The Kier molecular flexibility index (Phi) is 3.24. The Hall–Kier alpha value is -2.02. The molecule has 0 aliphatic carbocycles. The lowest BCUT2D eigenvalue weighted by Crippen LogP contribution is -2.14. The highest BCUT2D eigenvalue weighted by atomic mass is 32.2. The highest BCUT2D eigenvalue weighted by Gasteiger charge is 2.12. The average molecular weight is 266 g/mol. The van der Waals surface area contributed by atoms with Crippen LogP contribution < -0.4 is 10.5 Å². The molecule has 1 aromatic heterocycles. The zero-order chi connectivity index (χ0) is 13.2. The van der Waals surface area contributed by atoms with E-state index in [1.807, 2.05) is 0 Å². The lowest BCUT2D eigenvalue weighted by Gasteiger charge is -2.06. The summed E-state index contributed by atoms with van der Waals surface area (Å²) in [5, 5.41) is 3.89. The largest absolute Gasteiger partial charge is 0.399 e. The third-order valence-electron chi connectivity index (χ3n) is 2.29. The molecule has 0 spiro atoms. The number of sulfonamides is 1. The van der Waals surface area contributed by atoms with Crippen molar-refractivity contribution in [2.75, 3.05) is 10.5 Å². The maximum atomic E-state index is 11.9. The third-order valence-corrected chi connectivity index (χ3v) is 3.55. The van der Waals surface area contributed by atoms with Crippen molar-refractivity contribution in [1.29, 1.82) is 0 Å². The van der Waals surface area contributed by atoms with Crippen LogP contribution in [0.3, 0.4) is 0 Å². The first-order valence-electron chi connectivity index (χ1n) is 5.28. The van der Waals surface area contributed by atoms with E-state index < -0.39 is 10.0 Å². The third kappa shape index (κ3) is 3.24. The summed E-state index contributed by atoms with van der Waals surface area (Å²) < 4.78 is 27.8. The summed E-state index contributed by atoms with van der Waals surface area (Å²) >= 11 is 0. The van der Waals surface area contributed by atoms with Gasteiger partial charge in [0.05, 0.1) is 17.6 Å². The second-order valence-corrected chi connectivity index (χ2v) is 5.73. The molecule has 6 nitrogen and oxygen atoms in total. The lowest BCUT2D eigenvalue weighted by molar-refractivity contribution is 0.600. The highest BCUT2D eigenvalue weighted by Crippen LogP contribution is 2.13. The number of nitrogen functional groups attached to an aromatic ring is 1. The van der Waals surface area contributed by atoms with Gasteiger partial charge in [0.25, 0.3) is 0 Å². The van der Waals surface area contributed by atoms with Crippen molar-refractivity contribution in [3.05, 3.63) is 42.2 Å². The Labute approximate surface area is 105 Å². The molecule has 0 amide bonds. The van der Waals surface area contributed by atoms with Crippen LogP contribution in [0.1, 0.15) is 5.56 Å².